The highest BCUT2D eigenvalue weighted by molar-refractivity contribution is 5.98. The van der Waals surface area contributed by atoms with E-state index in [1.54, 1.807) is 0 Å². The van der Waals surface area contributed by atoms with Crippen molar-refractivity contribution in [1.82, 2.24) is 0 Å². The van der Waals surface area contributed by atoms with Gasteiger partial charge in [-0.05, 0) is 12.3 Å². The van der Waals surface area contributed by atoms with Crippen LogP contribution in [0.4, 0.5) is 0 Å². The molecule has 2 rings (SSSR count). The molecule has 21 heavy (non-hydrogen) atoms. The number of carboxylic acid groups (broad SMARTS) is 4. The first-order valence-corrected chi connectivity index (χ1v) is 6.04. The Morgan fingerprint density at radius 3 is 2.10 bits per heavy atom. The molecule has 0 aliphatic heterocycles. The first kappa shape index (κ1) is 14.8. The van der Waals surface area contributed by atoms with Gasteiger partial charge in [-0.25, -0.2) is 9.59 Å². The molecule has 2 aliphatic carbocycles. The molecule has 0 heterocycles. The van der Waals surface area contributed by atoms with Gasteiger partial charge in [0.15, 0.2) is 0 Å². The second-order valence-corrected chi connectivity index (χ2v) is 5.15. The van der Waals surface area contributed by atoms with Gasteiger partial charge in [-0.15, -0.1) is 0 Å². The second kappa shape index (κ2) is 4.72. The molecule has 8 nitrogen and oxygen atoms in total. The number of aliphatic carboxylic acids is 4. The van der Waals surface area contributed by atoms with Crippen molar-refractivity contribution < 1.29 is 39.6 Å². The van der Waals surface area contributed by atoms with E-state index in [1.807, 2.05) is 0 Å². The van der Waals surface area contributed by atoms with Crippen LogP contribution in [-0.2, 0) is 19.2 Å². The van der Waals surface area contributed by atoms with E-state index >= 15 is 0 Å². The topological polar surface area (TPSA) is 149 Å². The number of hydrogen-bond donors (Lipinski definition) is 4. The third kappa shape index (κ3) is 2.08. The van der Waals surface area contributed by atoms with Crippen molar-refractivity contribution in [3.63, 3.8) is 0 Å². The fraction of sp³-hybridized carbons (Fsp3) is 0.385. The number of hydrogen-bond acceptors (Lipinski definition) is 4. The van der Waals surface area contributed by atoms with Crippen molar-refractivity contribution in [2.45, 2.75) is 6.42 Å². The molecule has 4 atom stereocenters. The summed E-state index contributed by atoms with van der Waals surface area (Å²) in [4.78, 5) is 44.9. The summed E-state index contributed by atoms with van der Waals surface area (Å²) in [5.41, 5.74) is -2.21. The zero-order chi connectivity index (χ0) is 15.9. The van der Waals surface area contributed by atoms with Crippen molar-refractivity contribution in [3.8, 4) is 0 Å². The van der Waals surface area contributed by atoms with Gasteiger partial charge in [0, 0.05) is 11.5 Å². The number of rotatable bonds is 5. The molecule has 0 radical (unpaired) electrons. The first-order chi connectivity index (χ1) is 9.70. The Morgan fingerprint density at radius 2 is 1.67 bits per heavy atom. The van der Waals surface area contributed by atoms with Gasteiger partial charge in [-0.2, -0.15) is 0 Å². The lowest BCUT2D eigenvalue weighted by molar-refractivity contribution is -0.156. The van der Waals surface area contributed by atoms with Crippen molar-refractivity contribution in [2.24, 2.45) is 23.2 Å². The highest BCUT2D eigenvalue weighted by Crippen LogP contribution is 2.60. The predicted octanol–water partition coefficient (Wildman–Crippen LogP) is 0.0597. The lowest BCUT2D eigenvalue weighted by Gasteiger charge is -2.32. The van der Waals surface area contributed by atoms with E-state index in [4.69, 9.17) is 5.11 Å². The van der Waals surface area contributed by atoms with E-state index in [0.29, 0.717) is 6.08 Å². The molecule has 0 amide bonds. The van der Waals surface area contributed by atoms with Gasteiger partial charge in [-0.3, -0.25) is 9.59 Å². The van der Waals surface area contributed by atoms with E-state index < -0.39 is 52.6 Å². The lowest BCUT2D eigenvalue weighted by Crippen LogP contribution is -2.41. The van der Waals surface area contributed by atoms with Gasteiger partial charge >= 0.3 is 23.9 Å². The van der Waals surface area contributed by atoms with Gasteiger partial charge < -0.3 is 20.4 Å². The number of carbonyl (C=O) groups is 4. The fourth-order valence-electron chi connectivity index (χ4n) is 3.45. The maximum Gasteiger partial charge on any atom is 0.332 e. The zero-order valence-electron chi connectivity index (χ0n) is 10.6. The van der Waals surface area contributed by atoms with Crippen LogP contribution in [0.1, 0.15) is 6.42 Å². The van der Waals surface area contributed by atoms with Gasteiger partial charge in [0.25, 0.3) is 0 Å². The standard InChI is InChI=1S/C13H12O8/c14-7(15)3-6(10(16)17)13-2-1-5(4-13)8(11(18)19)9(13)12(20)21/h1-3,5,8-9H,4H2,(H,14,15)(H,16,17)(H,18,19)(H,20,21). The van der Waals surface area contributed by atoms with Crippen LogP contribution in [0.5, 0.6) is 0 Å². The minimum Gasteiger partial charge on any atom is -0.481 e. The molecule has 0 aromatic heterocycles. The van der Waals surface area contributed by atoms with E-state index in [9.17, 15) is 34.5 Å². The quantitative estimate of drug-likeness (QED) is 0.411. The number of allylic oxidation sites excluding steroid dienone is 2. The van der Waals surface area contributed by atoms with Crippen molar-refractivity contribution in [1.29, 1.82) is 0 Å². The Balaban J connectivity index is 2.62. The molecular formula is C13H12O8. The van der Waals surface area contributed by atoms with E-state index in [0.717, 1.165) is 0 Å². The van der Waals surface area contributed by atoms with Crippen molar-refractivity contribution >= 4 is 23.9 Å². The highest BCUT2D eigenvalue weighted by Gasteiger charge is 2.63. The van der Waals surface area contributed by atoms with Crippen LogP contribution in [0.15, 0.2) is 23.8 Å². The van der Waals surface area contributed by atoms with Crippen LogP contribution in [0.25, 0.3) is 0 Å². The normalized spacial score (nSPS) is 33.9. The number of carboxylic acids is 4. The largest absolute Gasteiger partial charge is 0.481 e. The third-order valence-electron chi connectivity index (χ3n) is 4.14. The SMILES string of the molecule is O=C(O)C=C(C(=O)O)C12C=CC(C1)C(C(=O)O)C2C(=O)O. The molecule has 112 valence electrons. The van der Waals surface area contributed by atoms with Crippen LogP contribution in [0, 0.1) is 23.2 Å². The average Bonchev–Trinajstić information content (AvgIpc) is 2.91. The third-order valence-corrected chi connectivity index (χ3v) is 4.14. The monoisotopic (exact) mass is 296 g/mol. The molecule has 8 heteroatoms. The Hall–Kier alpha value is -2.64. The molecule has 4 N–H and O–H groups in total. The summed E-state index contributed by atoms with van der Waals surface area (Å²) in [7, 11) is 0. The maximum absolute atomic E-state index is 11.5. The van der Waals surface area contributed by atoms with E-state index in [-0.39, 0.29) is 6.42 Å². The maximum atomic E-state index is 11.5. The molecule has 4 unspecified atom stereocenters. The molecule has 1 saturated carbocycles. The first-order valence-electron chi connectivity index (χ1n) is 6.04. The van der Waals surface area contributed by atoms with Crippen LogP contribution < -0.4 is 0 Å². The summed E-state index contributed by atoms with van der Waals surface area (Å²) in [6.07, 6.45) is 3.18. The van der Waals surface area contributed by atoms with Crippen LogP contribution in [0.2, 0.25) is 0 Å². The van der Waals surface area contributed by atoms with Gasteiger partial charge in [0.05, 0.1) is 17.4 Å². The predicted molar refractivity (Wildman–Crippen MR) is 65.3 cm³/mol. The Bertz CT molecular complexity index is 601. The van der Waals surface area contributed by atoms with Gasteiger partial charge in [-0.1, -0.05) is 12.2 Å². The molecule has 0 spiro atoms. The van der Waals surface area contributed by atoms with Crippen LogP contribution in [-0.4, -0.2) is 44.3 Å². The summed E-state index contributed by atoms with van der Waals surface area (Å²) in [6, 6.07) is 0. The zero-order valence-corrected chi connectivity index (χ0v) is 10.6. The highest BCUT2D eigenvalue weighted by atomic mass is 16.4. The van der Waals surface area contributed by atoms with Crippen LogP contribution in [0.3, 0.4) is 0 Å². The van der Waals surface area contributed by atoms with E-state index in [2.05, 4.69) is 0 Å². The summed E-state index contributed by atoms with van der Waals surface area (Å²) in [5.74, 6) is -9.29. The molecule has 2 bridgehead atoms. The Morgan fingerprint density at radius 1 is 1.05 bits per heavy atom. The summed E-state index contributed by atoms with van der Waals surface area (Å²) < 4.78 is 0. The van der Waals surface area contributed by atoms with Crippen molar-refractivity contribution in [3.05, 3.63) is 23.8 Å². The molecule has 2 aliphatic rings. The molecule has 0 aromatic rings. The Kier molecular flexibility index (Phi) is 3.32. The summed E-state index contributed by atoms with van der Waals surface area (Å²) >= 11 is 0. The second-order valence-electron chi connectivity index (χ2n) is 5.15. The molecule has 0 saturated heterocycles. The summed E-state index contributed by atoms with van der Waals surface area (Å²) in [5, 5.41) is 36.5. The minimum atomic E-state index is -1.61. The molecule has 1 fully saturated rings. The average molecular weight is 296 g/mol. The summed E-state index contributed by atoms with van der Waals surface area (Å²) in [6.45, 7) is 0. The molecular weight excluding hydrogens is 284 g/mol. The van der Waals surface area contributed by atoms with Crippen molar-refractivity contribution in [2.75, 3.05) is 0 Å². The van der Waals surface area contributed by atoms with E-state index in [1.165, 1.54) is 12.2 Å². The van der Waals surface area contributed by atoms with Gasteiger partial charge in [0.1, 0.15) is 0 Å². The Labute approximate surface area is 118 Å². The smallest absolute Gasteiger partial charge is 0.332 e. The fourth-order valence-corrected chi connectivity index (χ4v) is 3.45. The van der Waals surface area contributed by atoms with Gasteiger partial charge in [0.2, 0.25) is 0 Å². The lowest BCUT2D eigenvalue weighted by atomic mass is 9.69. The minimum absolute atomic E-state index is 0.0354. The van der Waals surface area contributed by atoms with Crippen LogP contribution >= 0.6 is 0 Å². The number of fused-ring (bicyclic) bond motifs is 2. The molecule has 0 aromatic carbocycles.